The molecule has 144 valence electrons. The van der Waals surface area contributed by atoms with Gasteiger partial charge in [0.1, 0.15) is 11.4 Å². The van der Waals surface area contributed by atoms with E-state index in [1.165, 1.54) is 6.20 Å². The number of rotatable bonds is 2. The van der Waals surface area contributed by atoms with Gasteiger partial charge in [0.15, 0.2) is 5.82 Å². The molecule has 0 spiro atoms. The van der Waals surface area contributed by atoms with Crippen LogP contribution < -0.4 is 0 Å². The Bertz CT molecular complexity index is 1260. The summed E-state index contributed by atoms with van der Waals surface area (Å²) >= 11 is 0. The number of hydrogen-bond acceptors (Lipinski definition) is 4. The molecule has 0 radical (unpaired) electrons. The second-order valence-electron chi connectivity index (χ2n) is 6.63. The van der Waals surface area contributed by atoms with Gasteiger partial charge in [0.05, 0.1) is 28.9 Å². The second kappa shape index (κ2) is 6.71. The molecule has 0 saturated heterocycles. The van der Waals surface area contributed by atoms with Crippen molar-refractivity contribution in [2.45, 2.75) is 13.1 Å². The van der Waals surface area contributed by atoms with Crippen LogP contribution in [0.1, 0.15) is 16.8 Å². The Hall–Kier alpha value is -3.73. The van der Waals surface area contributed by atoms with E-state index in [0.717, 1.165) is 22.8 Å². The Balaban J connectivity index is 1.77. The summed E-state index contributed by atoms with van der Waals surface area (Å²) in [5.74, 6) is 0.463. The number of aromatic nitrogens is 4. The third-order valence-electron chi connectivity index (χ3n) is 4.70. The lowest BCUT2D eigenvalue weighted by atomic mass is 10.0. The fourth-order valence-corrected chi connectivity index (χ4v) is 3.16. The van der Waals surface area contributed by atoms with Crippen molar-refractivity contribution in [3.63, 3.8) is 0 Å². The number of alkyl halides is 3. The van der Waals surface area contributed by atoms with Gasteiger partial charge < -0.3 is 4.57 Å². The van der Waals surface area contributed by atoms with Crippen molar-refractivity contribution >= 4 is 11.0 Å². The number of fused-ring (bicyclic) bond motifs is 1. The standard InChI is InChI=1S/C21H14F3N5/c1-12-7-15(14-5-3-13(9-25)4-6-14)10-27-19(12)20-28-16-8-18(21(22,23)24)26-11-17(16)29(20)2/h3-8,10-11H,1-2H3. The topological polar surface area (TPSA) is 67.4 Å². The molecule has 0 saturated carbocycles. The van der Waals surface area contributed by atoms with Crippen LogP contribution in [0.25, 0.3) is 33.7 Å². The molecule has 4 aromatic rings. The van der Waals surface area contributed by atoms with E-state index < -0.39 is 11.9 Å². The molecule has 0 aliphatic carbocycles. The Labute approximate surface area is 164 Å². The van der Waals surface area contributed by atoms with Crippen molar-refractivity contribution in [2.24, 2.45) is 7.05 Å². The Morgan fingerprint density at radius 1 is 1.00 bits per heavy atom. The number of imidazole rings is 1. The van der Waals surface area contributed by atoms with E-state index in [4.69, 9.17) is 5.26 Å². The summed E-state index contributed by atoms with van der Waals surface area (Å²) in [4.78, 5) is 12.4. The zero-order valence-electron chi connectivity index (χ0n) is 15.5. The first-order valence-corrected chi connectivity index (χ1v) is 8.65. The zero-order valence-corrected chi connectivity index (χ0v) is 15.5. The number of benzene rings is 1. The molecule has 0 atom stereocenters. The van der Waals surface area contributed by atoms with Gasteiger partial charge >= 0.3 is 6.18 Å². The van der Waals surface area contributed by atoms with Gasteiger partial charge in [0.2, 0.25) is 0 Å². The first kappa shape index (κ1) is 18.6. The minimum Gasteiger partial charge on any atom is -0.325 e. The monoisotopic (exact) mass is 393 g/mol. The van der Waals surface area contributed by atoms with Crippen LogP contribution in [0.4, 0.5) is 13.2 Å². The number of nitrogens with zero attached hydrogens (tertiary/aromatic N) is 5. The van der Waals surface area contributed by atoms with E-state index >= 15 is 0 Å². The molecule has 0 unspecified atom stereocenters. The third-order valence-corrected chi connectivity index (χ3v) is 4.70. The van der Waals surface area contributed by atoms with Crippen molar-refractivity contribution in [2.75, 3.05) is 0 Å². The largest absolute Gasteiger partial charge is 0.433 e. The maximum absolute atomic E-state index is 12.9. The van der Waals surface area contributed by atoms with Crippen molar-refractivity contribution < 1.29 is 13.2 Å². The predicted molar refractivity (Wildman–Crippen MR) is 102 cm³/mol. The van der Waals surface area contributed by atoms with Gasteiger partial charge in [0, 0.05) is 18.8 Å². The third kappa shape index (κ3) is 3.31. The number of hydrogen-bond donors (Lipinski definition) is 0. The summed E-state index contributed by atoms with van der Waals surface area (Å²) in [5.41, 5.74) is 3.49. The van der Waals surface area contributed by atoms with Gasteiger partial charge in [-0.15, -0.1) is 0 Å². The molecule has 8 heteroatoms. The van der Waals surface area contributed by atoms with Crippen LogP contribution in [0.15, 0.2) is 48.8 Å². The number of aryl methyl sites for hydroxylation is 2. The SMILES string of the molecule is Cc1cc(-c2ccc(C#N)cc2)cnc1-c1nc2cc(C(F)(F)F)ncc2n1C. The molecule has 1 aromatic carbocycles. The van der Waals surface area contributed by atoms with E-state index in [0.29, 0.717) is 22.6 Å². The average Bonchev–Trinajstić information content (AvgIpc) is 3.03. The first-order valence-electron chi connectivity index (χ1n) is 8.65. The molecule has 0 fully saturated rings. The summed E-state index contributed by atoms with van der Waals surface area (Å²) in [6, 6.07) is 12.1. The fourth-order valence-electron chi connectivity index (χ4n) is 3.16. The van der Waals surface area contributed by atoms with Crippen LogP contribution in [-0.2, 0) is 13.2 Å². The Morgan fingerprint density at radius 2 is 1.72 bits per heavy atom. The molecule has 0 aliphatic rings. The maximum atomic E-state index is 12.9. The summed E-state index contributed by atoms with van der Waals surface area (Å²) in [6.45, 7) is 1.87. The molecule has 0 N–H and O–H groups in total. The van der Waals surface area contributed by atoms with Crippen molar-refractivity contribution in [3.8, 4) is 28.7 Å². The van der Waals surface area contributed by atoms with Gasteiger partial charge in [-0.2, -0.15) is 18.4 Å². The van der Waals surface area contributed by atoms with Crippen LogP contribution >= 0.6 is 0 Å². The summed E-state index contributed by atoms with van der Waals surface area (Å²) in [7, 11) is 1.72. The average molecular weight is 393 g/mol. The molecule has 4 rings (SSSR count). The maximum Gasteiger partial charge on any atom is 0.433 e. The summed E-state index contributed by atoms with van der Waals surface area (Å²) < 4.78 is 40.5. The van der Waals surface area contributed by atoms with E-state index in [1.807, 2.05) is 25.1 Å². The highest BCUT2D eigenvalue weighted by Crippen LogP contribution is 2.32. The highest BCUT2D eigenvalue weighted by atomic mass is 19.4. The summed E-state index contributed by atoms with van der Waals surface area (Å²) in [5, 5.41) is 8.91. The van der Waals surface area contributed by atoms with E-state index in [2.05, 4.69) is 21.0 Å². The molecule has 3 aromatic heterocycles. The second-order valence-corrected chi connectivity index (χ2v) is 6.63. The highest BCUT2D eigenvalue weighted by molar-refractivity contribution is 5.80. The molecular formula is C21H14F3N5. The minimum absolute atomic E-state index is 0.210. The first-order chi connectivity index (χ1) is 13.8. The van der Waals surface area contributed by atoms with Gasteiger partial charge in [-0.3, -0.25) is 4.98 Å². The number of pyridine rings is 2. The zero-order chi connectivity index (χ0) is 20.8. The van der Waals surface area contributed by atoms with Crippen LogP contribution in [-0.4, -0.2) is 19.5 Å². The molecule has 0 aliphatic heterocycles. The molecule has 3 heterocycles. The highest BCUT2D eigenvalue weighted by Gasteiger charge is 2.33. The van der Waals surface area contributed by atoms with Crippen LogP contribution in [0, 0.1) is 18.3 Å². The normalized spacial score (nSPS) is 11.6. The molecular weight excluding hydrogens is 379 g/mol. The lowest BCUT2D eigenvalue weighted by Crippen LogP contribution is -2.07. The molecule has 0 bridgehead atoms. The van der Waals surface area contributed by atoms with Gasteiger partial charge in [-0.1, -0.05) is 12.1 Å². The number of halogens is 3. The Kier molecular flexibility index (Phi) is 4.31. The molecule has 29 heavy (non-hydrogen) atoms. The van der Waals surface area contributed by atoms with Gasteiger partial charge in [-0.05, 0) is 42.3 Å². The van der Waals surface area contributed by atoms with E-state index in [1.54, 1.807) is 29.9 Å². The lowest BCUT2D eigenvalue weighted by molar-refractivity contribution is -0.141. The van der Waals surface area contributed by atoms with Crippen molar-refractivity contribution in [1.82, 2.24) is 19.5 Å². The van der Waals surface area contributed by atoms with Crippen LogP contribution in [0.2, 0.25) is 0 Å². The fraction of sp³-hybridized carbons (Fsp3) is 0.143. The smallest absolute Gasteiger partial charge is 0.325 e. The predicted octanol–water partition coefficient (Wildman–Crippen LogP) is 4.90. The molecule has 0 amide bonds. The van der Waals surface area contributed by atoms with Gasteiger partial charge in [0.25, 0.3) is 0 Å². The van der Waals surface area contributed by atoms with Gasteiger partial charge in [-0.25, -0.2) is 9.97 Å². The Morgan fingerprint density at radius 3 is 2.34 bits per heavy atom. The summed E-state index contributed by atoms with van der Waals surface area (Å²) in [6.07, 6.45) is -1.67. The molecule has 5 nitrogen and oxygen atoms in total. The lowest BCUT2D eigenvalue weighted by Gasteiger charge is -2.08. The minimum atomic E-state index is -4.53. The van der Waals surface area contributed by atoms with Crippen molar-refractivity contribution in [1.29, 1.82) is 5.26 Å². The number of nitriles is 1. The van der Waals surface area contributed by atoms with Crippen LogP contribution in [0.3, 0.4) is 0 Å². The van der Waals surface area contributed by atoms with Crippen LogP contribution in [0.5, 0.6) is 0 Å². The van der Waals surface area contributed by atoms with E-state index in [9.17, 15) is 13.2 Å². The quantitative estimate of drug-likeness (QED) is 0.486. The van der Waals surface area contributed by atoms with Crippen molar-refractivity contribution in [3.05, 3.63) is 65.6 Å². The van der Waals surface area contributed by atoms with E-state index in [-0.39, 0.29) is 5.52 Å².